The minimum Gasteiger partial charge on any atom is -0.394 e. The summed E-state index contributed by atoms with van der Waals surface area (Å²) in [5.41, 5.74) is 0. The highest BCUT2D eigenvalue weighted by molar-refractivity contribution is 5.76. The molecule has 2 fully saturated rings. The van der Waals surface area contributed by atoms with Crippen LogP contribution in [0.15, 0.2) is 85.1 Å². The van der Waals surface area contributed by atoms with Gasteiger partial charge >= 0.3 is 0 Å². The van der Waals surface area contributed by atoms with E-state index in [2.05, 4.69) is 92.1 Å². The van der Waals surface area contributed by atoms with E-state index < -0.39 is 86.8 Å². The molecule has 0 bridgehead atoms. The number of nitrogens with one attached hydrogen (secondary N) is 1. The molecule has 1 amide bonds. The molecule has 12 unspecified atom stereocenters. The molecule has 2 saturated heterocycles. The van der Waals surface area contributed by atoms with Gasteiger partial charge in [-0.1, -0.05) is 137 Å². The number of hydrogen-bond donors (Lipinski definition) is 9. The summed E-state index contributed by atoms with van der Waals surface area (Å²) in [7, 11) is 0. The Labute approximate surface area is 389 Å². The smallest absolute Gasteiger partial charge is 0.220 e. The number of rotatable bonds is 35. The third-order valence-corrected chi connectivity index (χ3v) is 11.3. The summed E-state index contributed by atoms with van der Waals surface area (Å²) in [6, 6.07) is -0.945. The first kappa shape index (κ1) is 58.3. The van der Waals surface area contributed by atoms with E-state index in [0.29, 0.717) is 12.8 Å². The molecule has 14 heteroatoms. The Hall–Kier alpha value is -2.83. The second kappa shape index (κ2) is 37.2. The number of carbonyl (C=O) groups is 1. The molecule has 2 aliphatic rings. The van der Waals surface area contributed by atoms with Crippen LogP contribution >= 0.6 is 0 Å². The van der Waals surface area contributed by atoms with Gasteiger partial charge in [0.25, 0.3) is 0 Å². The highest BCUT2D eigenvalue weighted by Gasteiger charge is 2.51. The van der Waals surface area contributed by atoms with Crippen LogP contribution in [0, 0.1) is 0 Å². The van der Waals surface area contributed by atoms with Gasteiger partial charge in [-0.15, -0.1) is 0 Å². The van der Waals surface area contributed by atoms with Gasteiger partial charge in [-0.3, -0.25) is 4.79 Å². The maximum absolute atomic E-state index is 13.1. The average molecular weight is 920 g/mol. The lowest BCUT2D eigenvalue weighted by molar-refractivity contribution is -0.359. The molecule has 2 aliphatic heterocycles. The summed E-state index contributed by atoms with van der Waals surface area (Å²) in [5.74, 6) is -0.270. The van der Waals surface area contributed by atoms with Crippen LogP contribution in [0.25, 0.3) is 0 Å². The van der Waals surface area contributed by atoms with Gasteiger partial charge < -0.3 is 65.1 Å². The number of ether oxygens (including phenoxy) is 4. The molecule has 0 aliphatic carbocycles. The average Bonchev–Trinajstić information content (AvgIpc) is 3.30. The van der Waals surface area contributed by atoms with Crippen LogP contribution in [0.2, 0.25) is 0 Å². The highest BCUT2D eigenvalue weighted by Crippen LogP contribution is 2.30. The lowest BCUT2D eigenvalue weighted by Crippen LogP contribution is -2.65. The Morgan fingerprint density at radius 3 is 1.63 bits per heavy atom. The molecule has 0 aromatic rings. The van der Waals surface area contributed by atoms with Crippen molar-refractivity contribution in [2.45, 2.75) is 209 Å². The Bertz CT molecular complexity index is 1410. The predicted molar refractivity (Wildman–Crippen MR) is 253 cm³/mol. The maximum Gasteiger partial charge on any atom is 0.220 e. The predicted octanol–water partition coefficient (Wildman–Crippen LogP) is 5.82. The monoisotopic (exact) mass is 920 g/mol. The molecule has 0 saturated carbocycles. The quantitative estimate of drug-likeness (QED) is 0.0270. The van der Waals surface area contributed by atoms with Crippen molar-refractivity contribution >= 4 is 5.91 Å². The van der Waals surface area contributed by atoms with Crippen LogP contribution in [0.4, 0.5) is 0 Å². The number of aliphatic hydroxyl groups is 8. The first-order chi connectivity index (χ1) is 31.6. The van der Waals surface area contributed by atoms with Gasteiger partial charge in [-0.05, 0) is 77.0 Å². The van der Waals surface area contributed by atoms with Gasteiger partial charge in [0.1, 0.15) is 48.8 Å². The zero-order chi connectivity index (χ0) is 47.5. The Morgan fingerprint density at radius 1 is 0.554 bits per heavy atom. The molecule has 0 radical (unpaired) electrons. The van der Waals surface area contributed by atoms with Crippen molar-refractivity contribution in [3.63, 3.8) is 0 Å². The molecule has 0 aromatic carbocycles. The van der Waals surface area contributed by atoms with E-state index in [0.717, 1.165) is 83.5 Å². The lowest BCUT2D eigenvalue weighted by Gasteiger charge is -2.46. The molecule has 12 atom stereocenters. The number of unbranched alkanes of at least 4 members (excludes halogenated alkanes) is 10. The van der Waals surface area contributed by atoms with Crippen LogP contribution in [0.5, 0.6) is 0 Å². The topological polar surface area (TPSA) is 228 Å². The Kier molecular flexibility index (Phi) is 33.4. The second-order valence-electron chi connectivity index (χ2n) is 16.8. The summed E-state index contributed by atoms with van der Waals surface area (Å²) in [6.45, 7) is 2.48. The number of allylic oxidation sites excluding steroid dienone is 13. The summed E-state index contributed by atoms with van der Waals surface area (Å²) in [5, 5.41) is 86.5. The first-order valence-electron chi connectivity index (χ1n) is 24.3. The number of amides is 1. The van der Waals surface area contributed by atoms with E-state index in [1.54, 1.807) is 6.08 Å². The standard InChI is InChI=1S/C51H85NO13/c1-3-5-7-9-11-13-15-16-17-18-19-20-21-22-23-24-25-27-29-31-33-35-43(56)52-39(40(55)34-32-30-28-26-14-12-10-8-6-4-2)38-62-50-48(61)46(59)49(42(37-54)64-50)65-51-47(60)45(58)44(57)41(36-53)63-51/h5-8,11,13-14,16-17,19-20,26,32,34,39-42,44-51,53-55,57-61H,3-4,9-10,12,15,18,21-25,27-31,33,35-38H2,1-2H3,(H,52,56)/b7-5-,8-6+,13-11-,17-16-,20-19-,26-14+,34-32+. The fraction of sp³-hybridized carbons (Fsp3) is 0.706. The van der Waals surface area contributed by atoms with Crippen molar-refractivity contribution < 1.29 is 64.6 Å². The van der Waals surface area contributed by atoms with Crippen molar-refractivity contribution in [2.24, 2.45) is 0 Å². The highest BCUT2D eigenvalue weighted by atomic mass is 16.7. The zero-order valence-electron chi connectivity index (χ0n) is 39.2. The van der Waals surface area contributed by atoms with E-state index in [9.17, 15) is 45.6 Å². The summed E-state index contributed by atoms with van der Waals surface area (Å²) in [6.07, 6.45) is 30.7. The first-order valence-corrected chi connectivity index (χ1v) is 24.3. The van der Waals surface area contributed by atoms with E-state index >= 15 is 0 Å². The van der Waals surface area contributed by atoms with Crippen LogP contribution in [0.1, 0.15) is 136 Å². The molecule has 2 heterocycles. The Morgan fingerprint density at radius 2 is 1.03 bits per heavy atom. The van der Waals surface area contributed by atoms with Crippen LogP contribution in [0.3, 0.4) is 0 Å². The number of aliphatic hydroxyl groups excluding tert-OH is 8. The molecule has 9 N–H and O–H groups in total. The molecule has 0 aromatic heterocycles. The summed E-state index contributed by atoms with van der Waals surface area (Å²) >= 11 is 0. The fourth-order valence-electron chi connectivity index (χ4n) is 7.38. The van der Waals surface area contributed by atoms with Gasteiger partial charge in [0, 0.05) is 6.42 Å². The fourth-order valence-corrected chi connectivity index (χ4v) is 7.38. The van der Waals surface area contributed by atoms with Gasteiger partial charge in [0.2, 0.25) is 5.91 Å². The van der Waals surface area contributed by atoms with E-state index in [-0.39, 0.29) is 18.9 Å². The second-order valence-corrected chi connectivity index (χ2v) is 16.8. The molecule has 65 heavy (non-hydrogen) atoms. The van der Waals surface area contributed by atoms with E-state index in [1.165, 1.54) is 19.3 Å². The molecule has 14 nitrogen and oxygen atoms in total. The number of hydrogen-bond acceptors (Lipinski definition) is 13. The molecule has 372 valence electrons. The van der Waals surface area contributed by atoms with Crippen molar-refractivity contribution in [2.75, 3.05) is 19.8 Å². The van der Waals surface area contributed by atoms with Gasteiger partial charge in [-0.25, -0.2) is 0 Å². The van der Waals surface area contributed by atoms with Crippen molar-refractivity contribution in [3.8, 4) is 0 Å². The third-order valence-electron chi connectivity index (χ3n) is 11.3. The van der Waals surface area contributed by atoms with Crippen molar-refractivity contribution in [1.29, 1.82) is 0 Å². The SMILES string of the molecule is CC/C=C\C/C=C\C/C=C\C/C=C\CCCCCCCCCCC(=O)NC(COC1OC(CO)C(OC2OC(CO)C(O)C(O)C2O)C(O)C1O)C(O)/C=C/CC/C=C/CC/C=C/CC. The van der Waals surface area contributed by atoms with Crippen LogP contribution in [-0.4, -0.2) is 140 Å². The van der Waals surface area contributed by atoms with Gasteiger partial charge in [0.15, 0.2) is 12.6 Å². The van der Waals surface area contributed by atoms with Crippen molar-refractivity contribution in [1.82, 2.24) is 5.32 Å². The molecular weight excluding hydrogens is 835 g/mol. The molecule has 0 spiro atoms. The Balaban J connectivity index is 1.82. The van der Waals surface area contributed by atoms with E-state index in [4.69, 9.17) is 18.9 Å². The van der Waals surface area contributed by atoms with Crippen LogP contribution in [-0.2, 0) is 23.7 Å². The molecule has 2 rings (SSSR count). The maximum atomic E-state index is 13.1. The van der Waals surface area contributed by atoms with Gasteiger partial charge in [0.05, 0.1) is 32.0 Å². The van der Waals surface area contributed by atoms with Gasteiger partial charge in [-0.2, -0.15) is 0 Å². The van der Waals surface area contributed by atoms with E-state index in [1.807, 2.05) is 6.08 Å². The normalized spacial score (nSPS) is 27.8. The third kappa shape index (κ3) is 24.7. The van der Waals surface area contributed by atoms with Crippen LogP contribution < -0.4 is 5.32 Å². The summed E-state index contributed by atoms with van der Waals surface area (Å²) in [4.78, 5) is 13.1. The minimum atomic E-state index is -1.80. The zero-order valence-corrected chi connectivity index (χ0v) is 39.2. The number of carbonyl (C=O) groups excluding carboxylic acids is 1. The molecular formula is C51H85NO13. The lowest BCUT2D eigenvalue weighted by atomic mass is 9.97. The summed E-state index contributed by atoms with van der Waals surface area (Å²) < 4.78 is 22.6. The largest absolute Gasteiger partial charge is 0.394 e. The minimum absolute atomic E-state index is 0.255. The van der Waals surface area contributed by atoms with Crippen molar-refractivity contribution in [3.05, 3.63) is 85.1 Å².